The van der Waals surface area contributed by atoms with Crippen LogP contribution in [0, 0.1) is 0 Å². The maximum atomic E-state index is 4.78. The van der Waals surface area contributed by atoms with Gasteiger partial charge in [0.25, 0.3) is 0 Å². The van der Waals surface area contributed by atoms with E-state index in [0.29, 0.717) is 0 Å². The molecule has 60 valence electrons. The first kappa shape index (κ1) is 197. The van der Waals surface area contributed by atoms with E-state index in [0.717, 1.165) is 15.4 Å². The van der Waals surface area contributed by atoms with Crippen LogP contribution in [0.2, 0.25) is 0 Å². The van der Waals surface area contributed by atoms with Gasteiger partial charge in [-0.1, -0.05) is 0 Å². The highest BCUT2D eigenvalue weighted by atomic mass is 35.6. The monoisotopic (exact) mass is 172 g/mol. The summed E-state index contributed by atoms with van der Waals surface area (Å²) in [5.74, 6) is 0. The number of rotatable bonds is 0. The highest BCUT2D eigenvalue weighted by molar-refractivity contribution is 6.80. The molecule has 0 rings (SSSR count). The average Bonchev–Trinajstić information content (AvgIpc) is 1.00. The van der Waals surface area contributed by atoms with E-state index in [1.54, 1.807) is 0 Å². The van der Waals surface area contributed by atoms with Gasteiger partial charge in [-0.2, -0.15) is 0 Å². The summed E-state index contributed by atoms with van der Waals surface area (Å²) >= 11 is 0.778. The minimum atomic E-state index is 0. The first-order valence-electron chi connectivity index (χ1n) is 0.378. The molecular formula is H14AlClO6. The minimum Gasteiger partial charge on any atom is -0.412 e. The molecule has 0 heterocycles. The van der Waals surface area contributed by atoms with E-state index in [1.807, 2.05) is 0 Å². The van der Waals surface area contributed by atoms with Crippen LogP contribution in [0.4, 0.5) is 0 Å². The molecule has 0 aromatic rings. The van der Waals surface area contributed by atoms with Crippen molar-refractivity contribution in [2.75, 3.05) is 0 Å². The number of halogens is 1. The third-order valence-electron chi connectivity index (χ3n) is 0. The third-order valence-corrected chi connectivity index (χ3v) is 0. The molecule has 0 bridgehead atoms. The fourth-order valence-electron chi connectivity index (χ4n) is 0. The van der Waals surface area contributed by atoms with Crippen LogP contribution in [0.3, 0.4) is 0 Å². The average molecular weight is 173 g/mol. The van der Waals surface area contributed by atoms with Gasteiger partial charge in [0.2, 0.25) is 0 Å². The van der Waals surface area contributed by atoms with E-state index < -0.39 is 0 Å². The van der Waals surface area contributed by atoms with Gasteiger partial charge in [-0.15, -0.1) is 0 Å². The Labute approximate surface area is 58.9 Å². The van der Waals surface area contributed by atoms with Crippen molar-refractivity contribution in [3.05, 3.63) is 0 Å². The van der Waals surface area contributed by atoms with Crippen LogP contribution < -0.4 is 0 Å². The number of hydrogen-bond donors (Lipinski definition) is 0. The summed E-state index contributed by atoms with van der Waals surface area (Å²) in [7, 11) is 4.78. The molecular weight excluding hydrogens is 158 g/mol. The minimum absolute atomic E-state index is 0. The molecule has 0 spiro atoms. The molecule has 6 nitrogen and oxygen atoms in total. The normalized spacial score (nSPS) is 0.625. The van der Waals surface area contributed by atoms with Crippen LogP contribution in [-0.4, -0.2) is 48.2 Å². The van der Waals surface area contributed by atoms with Gasteiger partial charge in [0.15, 0.2) is 0 Å². The highest BCUT2D eigenvalue weighted by Gasteiger charge is 1.09. The second-order valence-corrected chi connectivity index (χ2v) is 0. The third kappa shape index (κ3) is 605. The zero-order chi connectivity index (χ0) is 2.00. The summed E-state index contributed by atoms with van der Waals surface area (Å²) in [4.78, 5) is 0. The second kappa shape index (κ2) is 968. The topological polar surface area (TPSA) is 189 Å². The summed E-state index contributed by atoms with van der Waals surface area (Å²) < 4.78 is 0. The second-order valence-electron chi connectivity index (χ2n) is 0. The van der Waals surface area contributed by atoms with Gasteiger partial charge in [0.1, 0.15) is 0 Å². The van der Waals surface area contributed by atoms with Crippen molar-refractivity contribution in [3.8, 4) is 0 Å². The Hall–Kier alpha value is 0.582. The summed E-state index contributed by atoms with van der Waals surface area (Å²) in [6.45, 7) is 0. The molecule has 8 heavy (non-hydrogen) atoms. The molecule has 0 saturated carbocycles. The first-order chi connectivity index (χ1) is 1.00. The lowest BCUT2D eigenvalue weighted by molar-refractivity contribution is 0.823. The molecule has 0 unspecified atom stereocenters. The van der Waals surface area contributed by atoms with Crippen molar-refractivity contribution in [2.24, 2.45) is 0 Å². The molecule has 12 N–H and O–H groups in total. The predicted octanol–water partition coefficient (Wildman–Crippen LogP) is -5.17. The lowest BCUT2D eigenvalue weighted by atomic mass is 16.0. The lowest BCUT2D eigenvalue weighted by Gasteiger charge is -1.01. The fourth-order valence-corrected chi connectivity index (χ4v) is 0. The molecule has 0 aliphatic heterocycles. The van der Waals surface area contributed by atoms with Crippen molar-refractivity contribution in [1.82, 2.24) is 0 Å². The molecule has 0 aromatic heterocycles. The Morgan fingerprint density at radius 3 is 0.500 bits per heavy atom. The zero-order valence-electron chi connectivity index (χ0n) is 4.38. The van der Waals surface area contributed by atoms with E-state index in [-0.39, 0.29) is 32.9 Å². The quantitative estimate of drug-likeness (QED) is 0.316. The summed E-state index contributed by atoms with van der Waals surface area (Å²) in [5.41, 5.74) is 0. The van der Waals surface area contributed by atoms with Crippen molar-refractivity contribution >= 4 is 25.4 Å². The van der Waals surface area contributed by atoms with E-state index in [1.165, 1.54) is 0 Å². The molecule has 8 heteroatoms. The van der Waals surface area contributed by atoms with Gasteiger partial charge in [-0.3, -0.25) is 10.0 Å². The highest BCUT2D eigenvalue weighted by Crippen LogP contribution is 1.29. The van der Waals surface area contributed by atoms with Crippen molar-refractivity contribution < 1.29 is 32.9 Å². The Morgan fingerprint density at radius 1 is 0.500 bits per heavy atom. The Bertz CT molecular complexity index is 8.49. The van der Waals surface area contributed by atoms with Crippen LogP contribution in [-0.2, 0) is 0 Å². The van der Waals surface area contributed by atoms with Gasteiger partial charge in [0, 0.05) is 0 Å². The smallest absolute Gasteiger partial charge is 0.353 e. The van der Waals surface area contributed by atoms with E-state index in [9.17, 15) is 0 Å². The van der Waals surface area contributed by atoms with Gasteiger partial charge in [-0.05, 0) is 0 Å². The molecule has 0 radical (unpaired) electrons. The SMILES string of the molecule is O.O.O.O.O.O.[AlH2][Cl]. The van der Waals surface area contributed by atoms with Gasteiger partial charge < -0.3 is 32.9 Å². The fraction of sp³-hybridized carbons (Fsp3) is 0. The number of hydrogen-bond acceptors (Lipinski definition) is 0. The molecule has 0 aromatic carbocycles. The van der Waals surface area contributed by atoms with E-state index >= 15 is 0 Å². The van der Waals surface area contributed by atoms with Crippen molar-refractivity contribution in [2.45, 2.75) is 0 Å². The van der Waals surface area contributed by atoms with Crippen LogP contribution in [0.1, 0.15) is 0 Å². The maximum absolute atomic E-state index is 4.78. The summed E-state index contributed by atoms with van der Waals surface area (Å²) in [6, 6.07) is 0. The van der Waals surface area contributed by atoms with Gasteiger partial charge >= 0.3 is 15.4 Å². The van der Waals surface area contributed by atoms with Crippen LogP contribution in [0.25, 0.3) is 0 Å². The van der Waals surface area contributed by atoms with Crippen molar-refractivity contribution in [3.63, 3.8) is 0 Å². The molecule has 0 aliphatic carbocycles. The zero-order valence-corrected chi connectivity index (χ0v) is 7.13. The van der Waals surface area contributed by atoms with E-state index in [2.05, 4.69) is 0 Å². The Morgan fingerprint density at radius 2 is 0.500 bits per heavy atom. The van der Waals surface area contributed by atoms with Crippen molar-refractivity contribution in [1.29, 1.82) is 0 Å². The Balaban J connectivity index is -0.000000000333. The first-order valence-corrected chi connectivity index (χ1v) is 3.40. The molecule has 0 saturated heterocycles. The Kier molecular flexibility index (Phi) is 23900. The largest absolute Gasteiger partial charge is 0.412 e. The summed E-state index contributed by atoms with van der Waals surface area (Å²) in [5, 5.41) is 0. The summed E-state index contributed by atoms with van der Waals surface area (Å²) in [6.07, 6.45) is 0. The molecule has 0 atom stereocenters. The van der Waals surface area contributed by atoms with Gasteiger partial charge in [0.05, 0.1) is 0 Å². The predicted molar refractivity (Wildman–Crippen MR) is 36.1 cm³/mol. The van der Waals surface area contributed by atoms with Crippen LogP contribution in [0.15, 0.2) is 0 Å². The molecule has 0 aliphatic rings. The maximum Gasteiger partial charge on any atom is 0.353 e. The van der Waals surface area contributed by atoms with Crippen LogP contribution in [0.5, 0.6) is 0 Å². The molecule has 0 amide bonds. The molecule has 0 fully saturated rings. The van der Waals surface area contributed by atoms with E-state index in [4.69, 9.17) is 10.0 Å². The van der Waals surface area contributed by atoms with Crippen LogP contribution >= 0.6 is 10.0 Å². The standard InChI is InChI=1S/Al.ClH.6H2O.2H/h;1H;6*1H2;;/q+1;;;;;;;;;/p-1. The lowest BCUT2D eigenvalue weighted by Crippen LogP contribution is -0.980. The van der Waals surface area contributed by atoms with Gasteiger partial charge in [-0.25, -0.2) is 0 Å².